The van der Waals surface area contributed by atoms with E-state index in [1.165, 1.54) is 0 Å². The molecule has 0 aliphatic heterocycles. The molecule has 0 unspecified atom stereocenters. The van der Waals surface area contributed by atoms with Gasteiger partial charge in [-0.3, -0.25) is 4.79 Å². The maximum Gasteiger partial charge on any atom is 0.342 e. The molecule has 6 heteroatoms. The molecule has 1 amide bonds. The lowest BCUT2D eigenvalue weighted by molar-refractivity contribution is -0.121. The summed E-state index contributed by atoms with van der Waals surface area (Å²) in [7, 11) is 0. The molecule has 0 bridgehead atoms. The monoisotopic (exact) mass is 292 g/mol. The molecule has 1 fully saturated rings. The third-order valence-electron chi connectivity index (χ3n) is 3.06. The van der Waals surface area contributed by atoms with Crippen LogP contribution in [0.1, 0.15) is 36.5 Å². The number of nitrogens with two attached hydrogens (primary N) is 1. The number of carbonyl (C=O) groups is 2. The zero-order chi connectivity index (χ0) is 15.2. The van der Waals surface area contributed by atoms with E-state index in [1.807, 2.05) is 6.92 Å². The van der Waals surface area contributed by atoms with Crippen molar-refractivity contribution in [2.45, 2.75) is 32.2 Å². The zero-order valence-electron chi connectivity index (χ0n) is 12.1. The van der Waals surface area contributed by atoms with Gasteiger partial charge in [-0.2, -0.15) is 0 Å². The van der Waals surface area contributed by atoms with Crippen LogP contribution in [-0.4, -0.2) is 31.1 Å². The normalized spacial score (nSPS) is 13.6. The van der Waals surface area contributed by atoms with E-state index in [0.717, 1.165) is 12.8 Å². The molecule has 1 aromatic rings. The molecule has 3 N–H and O–H groups in total. The number of esters is 1. The smallest absolute Gasteiger partial charge is 0.342 e. The van der Waals surface area contributed by atoms with Crippen LogP contribution in [0.2, 0.25) is 0 Å². The Morgan fingerprint density at radius 3 is 2.81 bits per heavy atom. The van der Waals surface area contributed by atoms with Crippen molar-refractivity contribution in [1.29, 1.82) is 0 Å². The number of ether oxygens (including phenoxy) is 2. The molecule has 0 heterocycles. The molecule has 114 valence electrons. The largest absolute Gasteiger partial charge is 0.491 e. The Kier molecular flexibility index (Phi) is 5.03. The summed E-state index contributed by atoms with van der Waals surface area (Å²) >= 11 is 0. The maximum absolute atomic E-state index is 12.0. The number of carbonyl (C=O) groups excluding carboxylic acids is 2. The van der Waals surface area contributed by atoms with Gasteiger partial charge in [0.15, 0.2) is 5.75 Å². The predicted molar refractivity (Wildman–Crippen MR) is 78.1 cm³/mol. The lowest BCUT2D eigenvalue weighted by Crippen LogP contribution is -2.26. The van der Waals surface area contributed by atoms with Crippen LogP contribution in [0.3, 0.4) is 0 Å². The van der Waals surface area contributed by atoms with Crippen LogP contribution in [0.4, 0.5) is 5.69 Å². The molecule has 0 spiro atoms. The summed E-state index contributed by atoms with van der Waals surface area (Å²) in [6, 6.07) is 5.22. The van der Waals surface area contributed by atoms with Crippen molar-refractivity contribution in [1.82, 2.24) is 5.32 Å². The van der Waals surface area contributed by atoms with Crippen molar-refractivity contribution in [3.63, 3.8) is 0 Å². The van der Waals surface area contributed by atoms with Crippen LogP contribution in [0.15, 0.2) is 18.2 Å². The van der Waals surface area contributed by atoms with Crippen LogP contribution in [0.25, 0.3) is 0 Å². The number of anilines is 1. The summed E-state index contributed by atoms with van der Waals surface area (Å²) in [5.74, 6) is -0.305. The number of rotatable bonds is 7. The second kappa shape index (κ2) is 6.97. The first-order valence-corrected chi connectivity index (χ1v) is 7.09. The summed E-state index contributed by atoms with van der Waals surface area (Å²) in [5.41, 5.74) is 6.45. The molecule has 2 rings (SSSR count). The summed E-state index contributed by atoms with van der Waals surface area (Å²) in [5, 5.41) is 2.83. The molecule has 0 aromatic heterocycles. The number of hydrogen-bond donors (Lipinski definition) is 2. The van der Waals surface area contributed by atoms with Crippen LogP contribution < -0.4 is 15.8 Å². The van der Waals surface area contributed by atoms with Gasteiger partial charge in [0.1, 0.15) is 12.2 Å². The Morgan fingerprint density at radius 1 is 1.38 bits per heavy atom. The maximum atomic E-state index is 12.0. The average molecular weight is 292 g/mol. The minimum atomic E-state index is -0.537. The van der Waals surface area contributed by atoms with E-state index in [0.29, 0.717) is 24.1 Å². The average Bonchev–Trinajstić information content (AvgIpc) is 3.25. The highest BCUT2D eigenvalue weighted by Gasteiger charge is 2.23. The standard InChI is InChI=1S/C15H20N2O4/c1-2-20-14-11(4-3-5-12(14)16)15(19)21-9-8-13(18)17-10-6-7-10/h3-5,10H,2,6-9,16H2,1H3,(H,17,18). The van der Waals surface area contributed by atoms with Crippen molar-refractivity contribution in [3.8, 4) is 5.75 Å². The van der Waals surface area contributed by atoms with Gasteiger partial charge in [-0.25, -0.2) is 4.79 Å². The Bertz CT molecular complexity index is 526. The van der Waals surface area contributed by atoms with Gasteiger partial charge in [-0.1, -0.05) is 6.07 Å². The Balaban J connectivity index is 1.87. The first-order valence-electron chi connectivity index (χ1n) is 7.09. The van der Waals surface area contributed by atoms with E-state index >= 15 is 0 Å². The van der Waals surface area contributed by atoms with Crippen LogP contribution in [-0.2, 0) is 9.53 Å². The highest BCUT2D eigenvalue weighted by Crippen LogP contribution is 2.27. The van der Waals surface area contributed by atoms with Crippen LogP contribution >= 0.6 is 0 Å². The number of amides is 1. The molecule has 6 nitrogen and oxygen atoms in total. The van der Waals surface area contributed by atoms with Gasteiger partial charge in [0.05, 0.1) is 18.7 Å². The molecule has 0 saturated heterocycles. The molecule has 1 aromatic carbocycles. The predicted octanol–water partition coefficient (Wildman–Crippen LogP) is 1.49. The number of hydrogen-bond acceptors (Lipinski definition) is 5. The van der Waals surface area contributed by atoms with E-state index in [4.69, 9.17) is 15.2 Å². The lowest BCUT2D eigenvalue weighted by atomic mass is 10.1. The second-order valence-electron chi connectivity index (χ2n) is 4.88. The third-order valence-corrected chi connectivity index (χ3v) is 3.06. The number of nitrogen functional groups attached to an aromatic ring is 1. The fourth-order valence-electron chi connectivity index (χ4n) is 1.86. The van der Waals surface area contributed by atoms with Crippen molar-refractivity contribution in [2.24, 2.45) is 0 Å². The summed E-state index contributed by atoms with van der Waals surface area (Å²) in [6.07, 6.45) is 2.23. The summed E-state index contributed by atoms with van der Waals surface area (Å²) in [6.45, 7) is 2.25. The Hall–Kier alpha value is -2.24. The van der Waals surface area contributed by atoms with Crippen molar-refractivity contribution >= 4 is 17.6 Å². The van der Waals surface area contributed by atoms with Gasteiger partial charge in [0.25, 0.3) is 0 Å². The third kappa shape index (κ3) is 4.37. The van der Waals surface area contributed by atoms with E-state index < -0.39 is 5.97 Å². The van der Waals surface area contributed by atoms with Gasteiger partial charge in [-0.05, 0) is 31.9 Å². The van der Waals surface area contributed by atoms with E-state index in [9.17, 15) is 9.59 Å². The lowest BCUT2D eigenvalue weighted by Gasteiger charge is -2.12. The molecule has 1 aliphatic carbocycles. The molecule has 1 aliphatic rings. The minimum Gasteiger partial charge on any atom is -0.491 e. The SMILES string of the molecule is CCOc1c(N)cccc1C(=O)OCCC(=O)NC1CC1. The van der Waals surface area contributed by atoms with Crippen molar-refractivity contribution in [2.75, 3.05) is 18.9 Å². The number of nitrogens with one attached hydrogen (secondary N) is 1. The molecule has 1 saturated carbocycles. The quantitative estimate of drug-likeness (QED) is 0.587. The van der Waals surface area contributed by atoms with Gasteiger partial charge >= 0.3 is 5.97 Å². The van der Waals surface area contributed by atoms with Gasteiger partial charge < -0.3 is 20.5 Å². The number of para-hydroxylation sites is 1. The zero-order valence-corrected chi connectivity index (χ0v) is 12.1. The van der Waals surface area contributed by atoms with Crippen LogP contribution in [0.5, 0.6) is 5.75 Å². The molecule has 21 heavy (non-hydrogen) atoms. The van der Waals surface area contributed by atoms with Gasteiger partial charge in [0.2, 0.25) is 5.91 Å². The van der Waals surface area contributed by atoms with Gasteiger partial charge in [-0.15, -0.1) is 0 Å². The number of benzene rings is 1. The second-order valence-corrected chi connectivity index (χ2v) is 4.88. The van der Waals surface area contributed by atoms with E-state index in [-0.39, 0.29) is 24.5 Å². The Morgan fingerprint density at radius 2 is 2.14 bits per heavy atom. The molecule has 0 atom stereocenters. The van der Waals surface area contributed by atoms with E-state index in [2.05, 4.69) is 5.32 Å². The topological polar surface area (TPSA) is 90.7 Å². The summed E-state index contributed by atoms with van der Waals surface area (Å²) < 4.78 is 10.5. The summed E-state index contributed by atoms with van der Waals surface area (Å²) in [4.78, 5) is 23.5. The first-order chi connectivity index (χ1) is 10.1. The highest BCUT2D eigenvalue weighted by atomic mass is 16.5. The first kappa shape index (κ1) is 15.2. The van der Waals surface area contributed by atoms with Crippen molar-refractivity contribution < 1.29 is 19.1 Å². The molecule has 0 radical (unpaired) electrons. The Labute approximate surface area is 123 Å². The fraction of sp³-hybridized carbons (Fsp3) is 0.467. The minimum absolute atomic E-state index is 0.0394. The highest BCUT2D eigenvalue weighted by molar-refractivity contribution is 5.94. The van der Waals surface area contributed by atoms with Crippen LogP contribution in [0, 0.1) is 0 Å². The van der Waals surface area contributed by atoms with Crippen molar-refractivity contribution in [3.05, 3.63) is 23.8 Å². The molecular weight excluding hydrogens is 272 g/mol. The molecular formula is C15H20N2O4. The fourth-order valence-corrected chi connectivity index (χ4v) is 1.86. The van der Waals surface area contributed by atoms with Gasteiger partial charge in [0, 0.05) is 6.04 Å². The van der Waals surface area contributed by atoms with E-state index in [1.54, 1.807) is 18.2 Å².